The van der Waals surface area contributed by atoms with E-state index in [9.17, 15) is 4.79 Å². The van der Waals surface area contributed by atoms with E-state index < -0.39 is 53.5 Å². The van der Waals surface area contributed by atoms with Crippen LogP contribution in [-0.2, 0) is 75.8 Å². The van der Waals surface area contributed by atoms with E-state index in [1.54, 1.807) is 0 Å². The predicted octanol–water partition coefficient (Wildman–Crippen LogP) is 8.68. The van der Waals surface area contributed by atoms with Crippen molar-refractivity contribution in [3.8, 4) is 0 Å². The first-order valence-electron chi connectivity index (χ1n) is 33.2. The van der Waals surface area contributed by atoms with E-state index in [-0.39, 0.29) is 140 Å². The molecule has 17 heteroatoms. The molecule has 0 N–H and O–H groups in total. The minimum Gasteiger partial charge on any atom is -0.459 e. The molecule has 12 bridgehead atoms. The molecule has 0 aromatic rings. The fourth-order valence-corrected chi connectivity index (χ4v) is 19.9. The van der Waals surface area contributed by atoms with E-state index in [0.29, 0.717) is 56.3 Å². The maximum atomic E-state index is 14.7. The van der Waals surface area contributed by atoms with E-state index in [0.717, 1.165) is 81.9 Å². The lowest BCUT2D eigenvalue weighted by atomic mass is 9.79. The van der Waals surface area contributed by atoms with Gasteiger partial charge in [-0.25, -0.2) is 0 Å². The molecule has 1 unspecified atom stereocenters. The molecule has 33 atom stereocenters. The van der Waals surface area contributed by atoms with Crippen molar-refractivity contribution in [1.29, 1.82) is 0 Å². The van der Waals surface area contributed by atoms with Crippen LogP contribution in [0.25, 0.3) is 0 Å². The van der Waals surface area contributed by atoms with Crippen LogP contribution in [-0.4, -0.2) is 189 Å². The zero-order chi connectivity index (χ0) is 57.4. The summed E-state index contributed by atoms with van der Waals surface area (Å²) in [5.74, 6) is -1.24. The van der Waals surface area contributed by atoms with Crippen LogP contribution in [0.3, 0.4) is 0 Å². The summed E-state index contributed by atoms with van der Waals surface area (Å²) in [6, 6.07) is 0. The summed E-state index contributed by atoms with van der Waals surface area (Å²) in [5, 5.41) is 0. The Kier molecular flexibility index (Phi) is 14.8. The van der Waals surface area contributed by atoms with Crippen molar-refractivity contribution in [3.63, 3.8) is 0 Å². The van der Waals surface area contributed by atoms with Gasteiger partial charge in [0, 0.05) is 69.7 Å². The fraction of sp³-hybridized carbons (Fsp3) is 0.924. The lowest BCUT2D eigenvalue weighted by molar-refractivity contribution is -0.347. The highest BCUT2D eigenvalue weighted by molar-refractivity contribution is 5.70. The zero-order valence-electron chi connectivity index (χ0n) is 51.4. The van der Waals surface area contributed by atoms with E-state index in [1.165, 1.54) is 0 Å². The lowest BCUT2D eigenvalue weighted by Crippen LogP contribution is -2.62. The molecule has 16 aliphatic heterocycles. The standard InChI is InChI=1S/C66H99NO16/c1-31(30-67(11)12)19-33(3)45-23-50-54(74-45)35(5)26-64(78-50)27-36(6)55-52(79-64)29-65(81-55)28-51-47(77-65)25-49-56(75-51)38(8)57-48(72-49)24-46-37(7)32(2)20-40(70-46)13-15-43-34(4)21-42(69-43)17-18-66-39(9)63(10)62(83-66)61-60(80-63)59(82-66)58-44(73-61)16-14-41(71-58)22-53(68)76-57/h31-33,35-36,38-52,54-62H,4,7,13-30H2,1-3,5-6,8-12H3/t31-,32-,33+,35+,36+,38+,39-,40+,41-,42+,43+,44+,45+,46-,47-,48+,49+,50+,51-,52+,54+,55+,56+,57-,58+,59+,60+,61-,62?,63+,64-,65+,66-/m1/s1. The van der Waals surface area contributed by atoms with Crippen molar-refractivity contribution >= 4 is 5.97 Å². The molecular formula is C66H99NO16. The third kappa shape index (κ3) is 9.89. The quantitative estimate of drug-likeness (QED) is 0.190. The molecule has 83 heavy (non-hydrogen) atoms. The van der Waals surface area contributed by atoms with E-state index >= 15 is 0 Å². The van der Waals surface area contributed by atoms with Crippen molar-refractivity contribution in [2.75, 3.05) is 20.6 Å². The molecule has 16 fully saturated rings. The number of esters is 1. The van der Waals surface area contributed by atoms with Gasteiger partial charge in [-0.3, -0.25) is 4.79 Å². The minimum absolute atomic E-state index is 0.00544. The molecule has 17 nitrogen and oxygen atoms in total. The van der Waals surface area contributed by atoms with Crippen LogP contribution < -0.4 is 0 Å². The number of hydrogen-bond donors (Lipinski definition) is 0. The molecule has 464 valence electrons. The van der Waals surface area contributed by atoms with E-state index in [1.807, 2.05) is 0 Å². The zero-order valence-corrected chi connectivity index (χ0v) is 51.4. The Bertz CT molecular complexity index is 2480. The Balaban J connectivity index is 0.651. The molecule has 16 heterocycles. The molecule has 3 spiro atoms. The molecule has 16 saturated heterocycles. The van der Waals surface area contributed by atoms with Crippen molar-refractivity contribution in [2.45, 2.75) is 322 Å². The number of carbonyl (C=O) groups is 1. The second kappa shape index (κ2) is 21.2. The van der Waals surface area contributed by atoms with Crippen LogP contribution >= 0.6 is 0 Å². The number of fused-ring (bicyclic) bond motifs is 10. The number of ether oxygens (including phenoxy) is 15. The average molecular weight is 1160 g/mol. The predicted molar refractivity (Wildman–Crippen MR) is 301 cm³/mol. The second-order valence-electron chi connectivity index (χ2n) is 30.5. The Morgan fingerprint density at radius 2 is 1.25 bits per heavy atom. The normalized spacial score (nSPS) is 56.9. The van der Waals surface area contributed by atoms with Gasteiger partial charge in [0.25, 0.3) is 0 Å². The largest absolute Gasteiger partial charge is 0.459 e. The molecule has 0 amide bonds. The summed E-state index contributed by atoms with van der Waals surface area (Å²) in [7, 11) is 4.30. The van der Waals surface area contributed by atoms with Gasteiger partial charge < -0.3 is 76.0 Å². The van der Waals surface area contributed by atoms with Crippen LogP contribution in [0.1, 0.15) is 165 Å². The van der Waals surface area contributed by atoms with Gasteiger partial charge in [-0.2, -0.15) is 0 Å². The fourth-order valence-electron chi connectivity index (χ4n) is 19.9. The first-order chi connectivity index (χ1) is 39.6. The van der Waals surface area contributed by atoms with Gasteiger partial charge in [-0.05, 0) is 113 Å². The molecule has 0 aromatic heterocycles. The molecule has 0 aromatic carbocycles. The molecule has 0 radical (unpaired) electrons. The van der Waals surface area contributed by atoms with Crippen LogP contribution in [0, 0.1) is 41.4 Å². The summed E-state index contributed by atoms with van der Waals surface area (Å²) in [6.07, 6.45) is 7.19. The average Bonchev–Trinajstić information content (AvgIpc) is 1.57. The highest BCUT2D eigenvalue weighted by Crippen LogP contribution is 2.62. The first-order valence-corrected chi connectivity index (χ1v) is 33.2. The summed E-state index contributed by atoms with van der Waals surface area (Å²) < 4.78 is 106. The van der Waals surface area contributed by atoms with Gasteiger partial charge in [-0.15, -0.1) is 0 Å². The van der Waals surface area contributed by atoms with Crippen LogP contribution in [0.15, 0.2) is 24.3 Å². The van der Waals surface area contributed by atoms with Crippen molar-refractivity contribution in [3.05, 3.63) is 24.3 Å². The lowest BCUT2D eigenvalue weighted by Gasteiger charge is -2.51. The summed E-state index contributed by atoms with van der Waals surface area (Å²) in [4.78, 5) is 17.0. The summed E-state index contributed by atoms with van der Waals surface area (Å²) in [6.45, 7) is 28.4. The van der Waals surface area contributed by atoms with Gasteiger partial charge in [0.1, 0.15) is 42.2 Å². The Labute approximate surface area is 493 Å². The van der Waals surface area contributed by atoms with Crippen LogP contribution in [0.2, 0.25) is 0 Å². The Hall–Kier alpha value is -1.65. The van der Waals surface area contributed by atoms with Gasteiger partial charge in [0.15, 0.2) is 17.4 Å². The SMILES string of the molecule is C=C1C[C@@H]2CC[C@]34OC5[C@@H]6O[C@H]7CC[C@H](CC(=O)O[C@@H]8[C@@H](C)[C@@H]9O[C@@H]%10C[C@]%11(C[C@@H]%12O[C@]%13(C[C@H](C)[C@@H]%14O[C@H]([C@@H](C)C[C@@H](C)CN(C)C)C[C@@H]%14O%13)C[C@H](C)[C@@H]%12O%11)O[C@@H]%10C[C@@H]9O[C@H]8C[C@H]8O[C@@H](CC[C@@H]1O2)C[C@@H](C)C8=C)O[C@@H]7[C@H](O3)[C@@H]6O[C@@]5(C)[C@H]4C. The molecule has 16 aliphatic rings. The molecule has 16 rings (SSSR count). The van der Waals surface area contributed by atoms with E-state index in [4.69, 9.17) is 71.1 Å². The number of rotatable bonds is 5. The Morgan fingerprint density at radius 3 is 2.07 bits per heavy atom. The Morgan fingerprint density at radius 1 is 0.554 bits per heavy atom. The highest BCUT2D eigenvalue weighted by Gasteiger charge is 2.76. The van der Waals surface area contributed by atoms with Crippen LogP contribution in [0.4, 0.5) is 0 Å². The van der Waals surface area contributed by atoms with Gasteiger partial charge in [0.05, 0.1) is 104 Å². The van der Waals surface area contributed by atoms with E-state index in [2.05, 4.69) is 87.5 Å². The molecule has 0 saturated carbocycles. The number of hydrogen-bond acceptors (Lipinski definition) is 17. The maximum absolute atomic E-state index is 14.7. The maximum Gasteiger partial charge on any atom is 0.308 e. The number of carbonyl (C=O) groups excluding carboxylic acids is 1. The van der Waals surface area contributed by atoms with Crippen LogP contribution in [0.5, 0.6) is 0 Å². The van der Waals surface area contributed by atoms with Gasteiger partial charge in [-0.1, -0.05) is 61.6 Å². The van der Waals surface area contributed by atoms with Crippen molar-refractivity contribution < 1.29 is 75.8 Å². The van der Waals surface area contributed by atoms with Crippen molar-refractivity contribution in [2.24, 2.45) is 41.4 Å². The molecular weight excluding hydrogens is 1060 g/mol. The summed E-state index contributed by atoms with van der Waals surface area (Å²) in [5.41, 5.74) is 1.61. The minimum atomic E-state index is -0.896. The third-order valence-corrected chi connectivity index (χ3v) is 24.0. The topological polar surface area (TPSA) is 159 Å². The van der Waals surface area contributed by atoms with Gasteiger partial charge in [0.2, 0.25) is 0 Å². The molecule has 0 aliphatic carbocycles. The van der Waals surface area contributed by atoms with Gasteiger partial charge >= 0.3 is 5.97 Å². The summed E-state index contributed by atoms with van der Waals surface area (Å²) >= 11 is 0. The number of nitrogens with zero attached hydrogens (tertiary/aromatic N) is 1. The van der Waals surface area contributed by atoms with Crippen molar-refractivity contribution in [1.82, 2.24) is 4.90 Å². The third-order valence-electron chi connectivity index (χ3n) is 24.0. The monoisotopic (exact) mass is 1160 g/mol. The highest BCUT2D eigenvalue weighted by atomic mass is 16.8. The second-order valence-corrected chi connectivity index (χ2v) is 30.5. The smallest absolute Gasteiger partial charge is 0.308 e. The first kappa shape index (κ1) is 57.8.